The van der Waals surface area contributed by atoms with Gasteiger partial charge in [-0.05, 0) is 99.7 Å². The first-order valence-corrected chi connectivity index (χ1v) is 16.2. The lowest BCUT2D eigenvalue weighted by Gasteiger charge is -2.41. The van der Waals surface area contributed by atoms with Crippen molar-refractivity contribution >= 4 is 11.7 Å². The molecule has 1 atom stereocenters. The number of anilines is 1. The van der Waals surface area contributed by atoms with Gasteiger partial charge < -0.3 is 14.7 Å². The zero-order chi connectivity index (χ0) is 34.5. The summed E-state index contributed by atoms with van der Waals surface area (Å²) in [5.41, 5.74) is 5.61. The molecule has 2 aliphatic heterocycles. The quantitative estimate of drug-likeness (QED) is 0.257. The van der Waals surface area contributed by atoms with Crippen LogP contribution in [0.5, 0.6) is 0 Å². The molecule has 47 heavy (non-hydrogen) atoms. The highest BCUT2D eigenvalue weighted by Gasteiger charge is 2.37. The molecule has 1 aromatic heterocycles. The second-order valence-electron chi connectivity index (χ2n) is 14.8. The van der Waals surface area contributed by atoms with Gasteiger partial charge in [-0.25, -0.2) is 9.18 Å². The normalized spacial score (nSPS) is 17.8. The Labute approximate surface area is 274 Å². The van der Waals surface area contributed by atoms with Gasteiger partial charge in [0, 0.05) is 55.2 Å². The van der Waals surface area contributed by atoms with Crippen molar-refractivity contribution in [1.82, 2.24) is 9.88 Å². The number of ether oxygens (including phenoxy) is 1. The first kappa shape index (κ1) is 34.8. The zero-order valence-corrected chi connectivity index (χ0v) is 28.3. The highest BCUT2D eigenvalue weighted by atomic mass is 19.4. The number of carbonyl (C=O) groups is 1. The van der Waals surface area contributed by atoms with Crippen LogP contribution < -0.4 is 4.90 Å². The van der Waals surface area contributed by atoms with E-state index < -0.39 is 35.2 Å². The van der Waals surface area contributed by atoms with Gasteiger partial charge in [-0.3, -0.25) is 9.88 Å². The minimum Gasteiger partial charge on any atom is -0.479 e. The van der Waals surface area contributed by atoms with Gasteiger partial charge in [0.2, 0.25) is 0 Å². The van der Waals surface area contributed by atoms with Crippen LogP contribution in [0.2, 0.25) is 0 Å². The molecule has 10 heteroatoms. The van der Waals surface area contributed by atoms with Crippen molar-refractivity contribution in [2.45, 2.75) is 98.7 Å². The molecule has 3 heterocycles. The molecule has 5 rings (SSSR count). The van der Waals surface area contributed by atoms with Gasteiger partial charge >= 0.3 is 12.1 Å². The average Bonchev–Trinajstić information content (AvgIpc) is 2.94. The number of hydrogen-bond acceptors (Lipinski definition) is 5. The maximum absolute atomic E-state index is 14.1. The molecule has 1 unspecified atom stereocenters. The number of aliphatic carboxylic acids is 1. The number of aromatic nitrogens is 1. The smallest absolute Gasteiger partial charge is 0.416 e. The fourth-order valence-electron chi connectivity index (χ4n) is 6.82. The summed E-state index contributed by atoms with van der Waals surface area (Å²) in [7, 11) is 0. The summed E-state index contributed by atoms with van der Waals surface area (Å²) in [6, 6.07) is 8.90. The molecule has 1 saturated heterocycles. The molecule has 3 aromatic rings. The molecule has 0 aliphatic carbocycles. The van der Waals surface area contributed by atoms with Crippen LogP contribution in [0.1, 0.15) is 92.8 Å². The maximum atomic E-state index is 14.1. The summed E-state index contributed by atoms with van der Waals surface area (Å²) in [6.45, 7) is 16.7. The van der Waals surface area contributed by atoms with Crippen molar-refractivity contribution in [2.24, 2.45) is 5.41 Å². The molecule has 0 spiro atoms. The molecule has 254 valence electrons. The number of carboxylic acids is 1. The van der Waals surface area contributed by atoms with Crippen molar-refractivity contribution in [3.63, 3.8) is 0 Å². The summed E-state index contributed by atoms with van der Waals surface area (Å²) in [4.78, 5) is 22.0. The van der Waals surface area contributed by atoms with Gasteiger partial charge in [-0.15, -0.1) is 0 Å². The first-order chi connectivity index (χ1) is 21.8. The van der Waals surface area contributed by atoms with E-state index in [1.165, 1.54) is 0 Å². The number of fused-ring (bicyclic) bond motifs is 1. The second-order valence-corrected chi connectivity index (χ2v) is 14.8. The Hall–Kier alpha value is -3.50. The summed E-state index contributed by atoms with van der Waals surface area (Å²) in [6.07, 6.45) is -3.25. The van der Waals surface area contributed by atoms with Crippen LogP contribution in [0, 0.1) is 25.1 Å². The van der Waals surface area contributed by atoms with Crippen LogP contribution in [0.15, 0.2) is 36.4 Å². The third kappa shape index (κ3) is 7.97. The van der Waals surface area contributed by atoms with E-state index in [2.05, 4.69) is 24.8 Å². The van der Waals surface area contributed by atoms with Crippen LogP contribution in [-0.4, -0.2) is 46.2 Å². The number of piperidine rings is 1. The van der Waals surface area contributed by atoms with Gasteiger partial charge in [-0.1, -0.05) is 32.0 Å². The monoisotopic (exact) mass is 655 g/mol. The Balaban J connectivity index is 1.53. The molecule has 2 aromatic carbocycles. The number of nitrogens with zero attached hydrogens (tertiary/aromatic N) is 3. The summed E-state index contributed by atoms with van der Waals surface area (Å²) in [5.74, 6) is -1.96. The van der Waals surface area contributed by atoms with Crippen LogP contribution >= 0.6 is 0 Å². The van der Waals surface area contributed by atoms with Gasteiger partial charge in [0.05, 0.1) is 16.9 Å². The number of pyridine rings is 1. The summed E-state index contributed by atoms with van der Waals surface area (Å²) >= 11 is 0. The van der Waals surface area contributed by atoms with Crippen LogP contribution in [0.25, 0.3) is 11.1 Å². The third-order valence-corrected chi connectivity index (χ3v) is 9.25. The Morgan fingerprint density at radius 1 is 1.00 bits per heavy atom. The third-order valence-electron chi connectivity index (χ3n) is 9.25. The van der Waals surface area contributed by atoms with E-state index in [9.17, 15) is 27.5 Å². The van der Waals surface area contributed by atoms with E-state index in [0.29, 0.717) is 36.8 Å². The maximum Gasteiger partial charge on any atom is 0.416 e. The van der Waals surface area contributed by atoms with Crippen molar-refractivity contribution in [3.8, 4) is 11.1 Å². The number of benzene rings is 2. The van der Waals surface area contributed by atoms with Gasteiger partial charge in [0.1, 0.15) is 5.82 Å². The first-order valence-electron chi connectivity index (χ1n) is 16.2. The van der Waals surface area contributed by atoms with Crippen LogP contribution in [0.3, 0.4) is 0 Å². The van der Waals surface area contributed by atoms with Crippen molar-refractivity contribution in [2.75, 3.05) is 24.5 Å². The van der Waals surface area contributed by atoms with E-state index in [1.807, 2.05) is 51.7 Å². The average molecular weight is 656 g/mol. The van der Waals surface area contributed by atoms with Crippen molar-refractivity contribution in [1.29, 1.82) is 0 Å². The number of rotatable bonds is 7. The molecule has 0 bridgehead atoms. The molecule has 6 nitrogen and oxygen atoms in total. The zero-order valence-electron chi connectivity index (χ0n) is 28.3. The highest BCUT2D eigenvalue weighted by molar-refractivity contribution is 5.88. The van der Waals surface area contributed by atoms with Crippen molar-refractivity contribution < 1.29 is 32.2 Å². The van der Waals surface area contributed by atoms with Crippen LogP contribution in [-0.2, 0) is 35.2 Å². The summed E-state index contributed by atoms with van der Waals surface area (Å²) in [5, 5.41) is 10.5. The van der Waals surface area contributed by atoms with E-state index in [0.717, 1.165) is 71.7 Å². The fraction of sp³-hybridized carbons (Fsp3) is 0.514. The second kappa shape index (κ2) is 12.8. The van der Waals surface area contributed by atoms with Crippen LogP contribution in [0.4, 0.5) is 23.2 Å². The summed E-state index contributed by atoms with van der Waals surface area (Å²) < 4.78 is 60.1. The van der Waals surface area contributed by atoms with Gasteiger partial charge in [-0.2, -0.15) is 13.2 Å². The molecule has 1 fully saturated rings. The molecule has 1 N–H and O–H groups in total. The van der Waals surface area contributed by atoms with Crippen molar-refractivity contribution in [3.05, 3.63) is 81.4 Å². The molecule has 0 saturated carbocycles. The number of hydrogen-bond donors (Lipinski definition) is 1. The lowest BCUT2D eigenvalue weighted by molar-refractivity contribution is -0.160. The SMILES string of the molecule is Cc1nc(C)c(C(OC(C)(C)C)C(=O)O)c(N2CCC(C)(C)CC2)c1-c1ccc2c(c1)CCN(Cc1cc(F)cc(C(F)(F)F)c1)C2. The van der Waals surface area contributed by atoms with Gasteiger partial charge in [0.15, 0.2) is 6.10 Å². The molecule has 0 radical (unpaired) electrons. The van der Waals surface area contributed by atoms with E-state index in [-0.39, 0.29) is 17.5 Å². The fourth-order valence-corrected chi connectivity index (χ4v) is 6.82. The molecule has 0 amide bonds. The molecular formula is C37H45F4N3O3. The predicted octanol–water partition coefficient (Wildman–Crippen LogP) is 8.65. The van der Waals surface area contributed by atoms with E-state index in [1.54, 1.807) is 0 Å². The lowest BCUT2D eigenvalue weighted by Crippen LogP contribution is -2.39. The predicted molar refractivity (Wildman–Crippen MR) is 175 cm³/mol. The topological polar surface area (TPSA) is 65.9 Å². The Morgan fingerprint density at radius 2 is 1.68 bits per heavy atom. The highest BCUT2D eigenvalue weighted by Crippen LogP contribution is 2.45. The minimum absolute atomic E-state index is 0.180. The number of aryl methyl sites for hydroxylation is 2. The molecular weight excluding hydrogens is 610 g/mol. The van der Waals surface area contributed by atoms with E-state index in [4.69, 9.17) is 9.72 Å². The Bertz CT molecular complexity index is 1650. The molecule has 2 aliphatic rings. The standard InChI is InChI=1S/C37H45F4N3O3/c1-22-30(32(44-14-11-36(6,7)12-15-44)31(23(2)42-22)33(34(45)46)47-35(3,4)5)26-8-9-27-21-43(13-10-25(27)18-26)20-24-16-28(37(39,40)41)19-29(38)17-24/h8-9,16-19,33H,10-15,20-21H2,1-7H3,(H,45,46). The number of alkyl halides is 3. The van der Waals surface area contributed by atoms with E-state index >= 15 is 0 Å². The Morgan fingerprint density at radius 3 is 2.30 bits per heavy atom. The Kier molecular flexibility index (Phi) is 9.51. The number of carboxylic acid groups (broad SMARTS) is 1. The largest absolute Gasteiger partial charge is 0.479 e. The minimum atomic E-state index is -4.61. The van der Waals surface area contributed by atoms with Gasteiger partial charge in [0.25, 0.3) is 0 Å². The lowest BCUT2D eigenvalue weighted by atomic mass is 9.81. The number of halogens is 4.